The van der Waals surface area contributed by atoms with Crippen molar-refractivity contribution in [2.75, 3.05) is 5.32 Å². The molecule has 3 rings (SSSR count). The van der Waals surface area contributed by atoms with Gasteiger partial charge in [0.15, 0.2) is 10.0 Å². The van der Waals surface area contributed by atoms with E-state index in [2.05, 4.69) is 20.5 Å². The Balaban J connectivity index is 1.67. The highest BCUT2D eigenvalue weighted by molar-refractivity contribution is 8.00. The van der Waals surface area contributed by atoms with E-state index in [9.17, 15) is 4.79 Å². The summed E-state index contributed by atoms with van der Waals surface area (Å²) >= 11 is 2.96. The van der Waals surface area contributed by atoms with Crippen LogP contribution in [0, 0.1) is 0 Å². The van der Waals surface area contributed by atoms with Gasteiger partial charge in [-0.1, -0.05) is 18.2 Å². The maximum atomic E-state index is 12.0. The lowest BCUT2D eigenvalue weighted by Crippen LogP contribution is -2.14. The van der Waals surface area contributed by atoms with E-state index in [0.717, 1.165) is 10.0 Å². The summed E-state index contributed by atoms with van der Waals surface area (Å²) < 4.78 is 0.894. The van der Waals surface area contributed by atoms with Crippen LogP contribution in [0.1, 0.15) is 10.5 Å². The van der Waals surface area contributed by atoms with Crippen LogP contribution in [0.25, 0.3) is 0 Å². The van der Waals surface area contributed by atoms with Gasteiger partial charge in [0.1, 0.15) is 5.03 Å². The minimum absolute atomic E-state index is 0.278. The first-order valence-electron chi connectivity index (χ1n) is 6.09. The molecule has 5 nitrogen and oxygen atoms in total. The van der Waals surface area contributed by atoms with Gasteiger partial charge in [0, 0.05) is 17.3 Å². The van der Waals surface area contributed by atoms with Crippen LogP contribution >= 0.6 is 23.1 Å². The average molecular weight is 314 g/mol. The number of aromatic nitrogens is 3. The van der Waals surface area contributed by atoms with E-state index in [4.69, 9.17) is 0 Å². The number of hydrogen-bond donors (Lipinski definition) is 1. The second-order valence-electron chi connectivity index (χ2n) is 3.98. The normalized spacial score (nSPS) is 10.3. The number of benzene rings is 1. The Labute approximate surface area is 129 Å². The lowest BCUT2D eigenvalue weighted by molar-refractivity contribution is 0.102. The molecule has 0 radical (unpaired) electrons. The SMILES string of the molecule is O=C(Nc1ccccc1)c1ccc(Sc2nccs2)nn1. The Morgan fingerprint density at radius 3 is 2.62 bits per heavy atom. The fourth-order valence-corrected chi connectivity index (χ4v) is 3.05. The quantitative estimate of drug-likeness (QED) is 0.800. The summed E-state index contributed by atoms with van der Waals surface area (Å²) in [6.07, 6.45) is 1.74. The Morgan fingerprint density at radius 2 is 1.95 bits per heavy atom. The van der Waals surface area contributed by atoms with Crippen molar-refractivity contribution in [1.82, 2.24) is 15.2 Å². The van der Waals surface area contributed by atoms with Crippen LogP contribution in [-0.4, -0.2) is 21.1 Å². The number of thiazole rings is 1. The van der Waals surface area contributed by atoms with Gasteiger partial charge >= 0.3 is 0 Å². The van der Waals surface area contributed by atoms with Gasteiger partial charge < -0.3 is 5.32 Å². The molecular formula is C14H10N4OS2. The summed E-state index contributed by atoms with van der Waals surface area (Å²) in [5.41, 5.74) is 1.01. The molecule has 0 saturated carbocycles. The Kier molecular flexibility index (Phi) is 4.23. The van der Waals surface area contributed by atoms with Crippen molar-refractivity contribution < 1.29 is 4.79 Å². The summed E-state index contributed by atoms with van der Waals surface area (Å²) in [6.45, 7) is 0. The van der Waals surface area contributed by atoms with Crippen molar-refractivity contribution in [3.63, 3.8) is 0 Å². The smallest absolute Gasteiger partial charge is 0.276 e. The van der Waals surface area contributed by atoms with Gasteiger partial charge in [-0.05, 0) is 36.0 Å². The van der Waals surface area contributed by atoms with Gasteiger partial charge in [-0.25, -0.2) is 4.98 Å². The van der Waals surface area contributed by atoms with E-state index in [1.165, 1.54) is 23.1 Å². The average Bonchev–Trinajstić information content (AvgIpc) is 3.02. The molecule has 1 N–H and O–H groups in total. The lowest BCUT2D eigenvalue weighted by atomic mass is 10.3. The highest BCUT2D eigenvalue weighted by atomic mass is 32.2. The van der Waals surface area contributed by atoms with Crippen molar-refractivity contribution in [3.8, 4) is 0 Å². The standard InChI is InChI=1S/C14H10N4OS2/c19-13(16-10-4-2-1-3-5-10)11-6-7-12(18-17-11)21-14-15-8-9-20-14/h1-9H,(H,16,19). The number of para-hydroxylation sites is 1. The maximum Gasteiger partial charge on any atom is 0.276 e. The third kappa shape index (κ3) is 3.65. The predicted octanol–water partition coefficient (Wildman–Crippen LogP) is 3.34. The lowest BCUT2D eigenvalue weighted by Gasteiger charge is -2.04. The molecule has 3 aromatic rings. The molecule has 0 bridgehead atoms. The molecule has 21 heavy (non-hydrogen) atoms. The minimum Gasteiger partial charge on any atom is -0.321 e. The van der Waals surface area contributed by atoms with Crippen molar-refractivity contribution in [3.05, 3.63) is 59.7 Å². The second-order valence-corrected chi connectivity index (χ2v) is 6.14. The summed E-state index contributed by atoms with van der Waals surface area (Å²) in [4.78, 5) is 16.2. The first-order chi connectivity index (χ1) is 10.3. The van der Waals surface area contributed by atoms with E-state index in [1.54, 1.807) is 18.3 Å². The molecule has 2 heterocycles. The molecule has 2 aromatic heterocycles. The number of rotatable bonds is 4. The Morgan fingerprint density at radius 1 is 1.10 bits per heavy atom. The number of hydrogen-bond acceptors (Lipinski definition) is 6. The maximum absolute atomic E-state index is 12.0. The molecule has 0 aliphatic carbocycles. The van der Waals surface area contributed by atoms with Crippen LogP contribution in [0.5, 0.6) is 0 Å². The number of nitrogens with one attached hydrogen (secondary N) is 1. The van der Waals surface area contributed by atoms with Gasteiger partial charge in [0.2, 0.25) is 0 Å². The van der Waals surface area contributed by atoms with Crippen LogP contribution in [0.3, 0.4) is 0 Å². The van der Waals surface area contributed by atoms with Crippen LogP contribution < -0.4 is 5.32 Å². The topological polar surface area (TPSA) is 67.8 Å². The molecule has 0 spiro atoms. The predicted molar refractivity (Wildman–Crippen MR) is 82.7 cm³/mol. The molecule has 104 valence electrons. The Hall–Kier alpha value is -2.25. The zero-order chi connectivity index (χ0) is 14.5. The van der Waals surface area contributed by atoms with Crippen molar-refractivity contribution in [2.24, 2.45) is 0 Å². The van der Waals surface area contributed by atoms with Crippen LogP contribution in [0.15, 0.2) is 63.4 Å². The zero-order valence-corrected chi connectivity index (χ0v) is 12.4. The number of anilines is 1. The summed E-state index contributed by atoms with van der Waals surface area (Å²) in [6, 6.07) is 12.7. The molecule has 0 unspecified atom stereocenters. The molecule has 1 aromatic carbocycles. The molecule has 7 heteroatoms. The van der Waals surface area contributed by atoms with E-state index in [-0.39, 0.29) is 11.6 Å². The van der Waals surface area contributed by atoms with Gasteiger partial charge in [-0.2, -0.15) is 0 Å². The highest BCUT2D eigenvalue weighted by Crippen LogP contribution is 2.26. The van der Waals surface area contributed by atoms with E-state index < -0.39 is 0 Å². The minimum atomic E-state index is -0.278. The molecule has 0 atom stereocenters. The summed E-state index contributed by atoms with van der Waals surface area (Å²) in [5, 5.41) is 13.4. The Bertz CT molecular complexity index is 714. The van der Waals surface area contributed by atoms with Gasteiger partial charge in [0.25, 0.3) is 5.91 Å². The molecular weight excluding hydrogens is 304 g/mol. The summed E-state index contributed by atoms with van der Waals surface area (Å²) in [5.74, 6) is -0.278. The number of carbonyl (C=O) groups is 1. The third-order valence-corrected chi connectivity index (χ3v) is 4.32. The van der Waals surface area contributed by atoms with Crippen molar-refractivity contribution >= 4 is 34.7 Å². The molecule has 0 fully saturated rings. The molecule has 0 aliphatic heterocycles. The van der Waals surface area contributed by atoms with E-state index in [1.807, 2.05) is 35.7 Å². The number of nitrogens with zero attached hydrogens (tertiary/aromatic N) is 3. The monoisotopic (exact) mass is 314 g/mol. The van der Waals surface area contributed by atoms with Gasteiger partial charge in [0.05, 0.1) is 0 Å². The zero-order valence-electron chi connectivity index (χ0n) is 10.8. The third-order valence-electron chi connectivity index (χ3n) is 2.51. The fraction of sp³-hybridized carbons (Fsp3) is 0. The molecule has 1 amide bonds. The van der Waals surface area contributed by atoms with Gasteiger partial charge in [-0.15, -0.1) is 21.5 Å². The fourth-order valence-electron chi connectivity index (χ4n) is 1.56. The molecule has 0 saturated heterocycles. The summed E-state index contributed by atoms with van der Waals surface area (Å²) in [7, 11) is 0. The first-order valence-corrected chi connectivity index (χ1v) is 7.78. The van der Waals surface area contributed by atoms with Gasteiger partial charge in [-0.3, -0.25) is 4.79 Å². The van der Waals surface area contributed by atoms with Crippen molar-refractivity contribution in [1.29, 1.82) is 0 Å². The highest BCUT2D eigenvalue weighted by Gasteiger charge is 2.09. The van der Waals surface area contributed by atoms with E-state index in [0.29, 0.717) is 5.03 Å². The number of carbonyl (C=O) groups excluding carboxylic acids is 1. The number of amides is 1. The largest absolute Gasteiger partial charge is 0.321 e. The first kappa shape index (κ1) is 13.7. The van der Waals surface area contributed by atoms with Crippen LogP contribution in [0.2, 0.25) is 0 Å². The van der Waals surface area contributed by atoms with Crippen LogP contribution in [-0.2, 0) is 0 Å². The van der Waals surface area contributed by atoms with Crippen LogP contribution in [0.4, 0.5) is 5.69 Å². The molecule has 0 aliphatic rings. The van der Waals surface area contributed by atoms with Crippen molar-refractivity contribution in [2.45, 2.75) is 9.37 Å². The second kappa shape index (κ2) is 6.47. The van der Waals surface area contributed by atoms with E-state index >= 15 is 0 Å².